The summed E-state index contributed by atoms with van der Waals surface area (Å²) in [6, 6.07) is 0. The Morgan fingerprint density at radius 2 is 2.00 bits per heavy atom. The van der Waals surface area contributed by atoms with Crippen LogP contribution in [0.15, 0.2) is 29.3 Å². The monoisotopic (exact) mass is 151 g/mol. The SMILES string of the molecule is C/C=C/C=C/C=NCCCC. The molecular formula is C10H17N. The third kappa shape index (κ3) is 9.15. The summed E-state index contributed by atoms with van der Waals surface area (Å²) in [5.41, 5.74) is 0. The van der Waals surface area contributed by atoms with Crippen LogP contribution in [-0.2, 0) is 0 Å². The van der Waals surface area contributed by atoms with Gasteiger partial charge >= 0.3 is 0 Å². The van der Waals surface area contributed by atoms with Crippen LogP contribution in [0.1, 0.15) is 26.7 Å². The van der Waals surface area contributed by atoms with Crippen LogP contribution in [0.3, 0.4) is 0 Å². The predicted octanol–water partition coefficient (Wildman–Crippen LogP) is 2.99. The van der Waals surface area contributed by atoms with Gasteiger partial charge < -0.3 is 0 Å². The molecule has 62 valence electrons. The van der Waals surface area contributed by atoms with Gasteiger partial charge in [-0.2, -0.15) is 0 Å². The molecule has 11 heavy (non-hydrogen) atoms. The number of hydrogen-bond acceptors (Lipinski definition) is 1. The highest BCUT2D eigenvalue weighted by atomic mass is 14.7. The van der Waals surface area contributed by atoms with E-state index in [1.807, 2.05) is 37.4 Å². The number of aliphatic imine (C=N–C) groups is 1. The Kier molecular flexibility index (Phi) is 8.44. The van der Waals surface area contributed by atoms with E-state index in [0.717, 1.165) is 6.54 Å². The first-order valence-electron chi connectivity index (χ1n) is 4.19. The van der Waals surface area contributed by atoms with Gasteiger partial charge in [-0.15, -0.1) is 0 Å². The van der Waals surface area contributed by atoms with Gasteiger partial charge in [0, 0.05) is 12.8 Å². The standard InChI is InChI=1S/C10H17N/c1-3-5-7-8-10-11-9-6-4-2/h3,5,7-8,10H,4,6,9H2,1-2H3/b5-3+,8-7+,11-10?. The summed E-state index contributed by atoms with van der Waals surface area (Å²) < 4.78 is 0. The van der Waals surface area contributed by atoms with Gasteiger partial charge in [-0.25, -0.2) is 0 Å². The zero-order valence-electron chi connectivity index (χ0n) is 7.46. The Morgan fingerprint density at radius 1 is 1.18 bits per heavy atom. The Morgan fingerprint density at radius 3 is 2.64 bits per heavy atom. The molecule has 0 bridgehead atoms. The molecule has 0 radical (unpaired) electrons. The van der Waals surface area contributed by atoms with E-state index in [4.69, 9.17) is 0 Å². The average Bonchev–Trinajstić information content (AvgIpc) is 2.03. The zero-order chi connectivity index (χ0) is 8.36. The first-order valence-corrected chi connectivity index (χ1v) is 4.19. The molecule has 0 unspecified atom stereocenters. The lowest BCUT2D eigenvalue weighted by atomic mass is 10.3. The van der Waals surface area contributed by atoms with Gasteiger partial charge in [0.25, 0.3) is 0 Å². The lowest BCUT2D eigenvalue weighted by molar-refractivity contribution is 0.810. The van der Waals surface area contributed by atoms with Crippen LogP contribution < -0.4 is 0 Å². The summed E-state index contributed by atoms with van der Waals surface area (Å²) in [5.74, 6) is 0. The minimum atomic E-state index is 0.955. The van der Waals surface area contributed by atoms with Gasteiger partial charge in [-0.3, -0.25) is 4.99 Å². The summed E-state index contributed by atoms with van der Waals surface area (Å²) in [6.07, 6.45) is 12.2. The molecule has 0 aromatic carbocycles. The molecular weight excluding hydrogens is 134 g/mol. The summed E-state index contributed by atoms with van der Waals surface area (Å²) in [5, 5.41) is 0. The molecule has 0 N–H and O–H groups in total. The van der Waals surface area contributed by atoms with Gasteiger partial charge in [0.1, 0.15) is 0 Å². The van der Waals surface area contributed by atoms with E-state index in [1.54, 1.807) is 0 Å². The maximum Gasteiger partial charge on any atom is 0.0389 e. The van der Waals surface area contributed by atoms with E-state index < -0.39 is 0 Å². The van der Waals surface area contributed by atoms with Crippen molar-refractivity contribution in [1.29, 1.82) is 0 Å². The number of rotatable bonds is 5. The number of allylic oxidation sites excluding steroid dienone is 4. The first kappa shape index (κ1) is 10.2. The van der Waals surface area contributed by atoms with Crippen molar-refractivity contribution in [2.24, 2.45) is 4.99 Å². The van der Waals surface area contributed by atoms with Crippen molar-refractivity contribution < 1.29 is 0 Å². The van der Waals surface area contributed by atoms with Crippen molar-refractivity contribution in [3.63, 3.8) is 0 Å². The highest BCUT2D eigenvalue weighted by Crippen LogP contribution is 1.85. The Hall–Kier alpha value is -0.850. The maximum absolute atomic E-state index is 4.19. The molecule has 0 aliphatic heterocycles. The zero-order valence-corrected chi connectivity index (χ0v) is 7.46. The van der Waals surface area contributed by atoms with Crippen molar-refractivity contribution in [2.45, 2.75) is 26.7 Å². The molecule has 0 aromatic heterocycles. The molecule has 0 aliphatic rings. The predicted molar refractivity (Wildman–Crippen MR) is 52.2 cm³/mol. The largest absolute Gasteiger partial charge is 0.293 e. The van der Waals surface area contributed by atoms with Gasteiger partial charge in [-0.05, 0) is 19.4 Å². The van der Waals surface area contributed by atoms with Crippen molar-refractivity contribution in [3.8, 4) is 0 Å². The second-order valence-electron chi connectivity index (χ2n) is 2.32. The molecule has 0 amide bonds. The van der Waals surface area contributed by atoms with Gasteiger partial charge in [0.2, 0.25) is 0 Å². The van der Waals surface area contributed by atoms with Crippen molar-refractivity contribution >= 4 is 6.21 Å². The quantitative estimate of drug-likeness (QED) is 0.325. The molecule has 0 heterocycles. The van der Waals surface area contributed by atoms with Crippen LogP contribution in [0.2, 0.25) is 0 Å². The van der Waals surface area contributed by atoms with E-state index in [-0.39, 0.29) is 0 Å². The highest BCUT2D eigenvalue weighted by molar-refractivity contribution is 5.71. The van der Waals surface area contributed by atoms with E-state index in [9.17, 15) is 0 Å². The molecule has 0 saturated carbocycles. The fourth-order valence-electron chi connectivity index (χ4n) is 0.610. The van der Waals surface area contributed by atoms with E-state index in [1.165, 1.54) is 12.8 Å². The molecule has 1 nitrogen and oxygen atoms in total. The van der Waals surface area contributed by atoms with Crippen molar-refractivity contribution in [1.82, 2.24) is 0 Å². The fraction of sp³-hybridized carbons (Fsp3) is 0.500. The van der Waals surface area contributed by atoms with E-state index in [2.05, 4.69) is 11.9 Å². The molecule has 0 aromatic rings. The topological polar surface area (TPSA) is 12.4 Å². The van der Waals surface area contributed by atoms with Crippen molar-refractivity contribution in [2.75, 3.05) is 6.54 Å². The average molecular weight is 151 g/mol. The van der Waals surface area contributed by atoms with Gasteiger partial charge in [0.15, 0.2) is 0 Å². The van der Waals surface area contributed by atoms with E-state index >= 15 is 0 Å². The third-order valence-electron chi connectivity index (χ3n) is 1.25. The van der Waals surface area contributed by atoms with Gasteiger partial charge in [-0.1, -0.05) is 31.6 Å². The van der Waals surface area contributed by atoms with Crippen LogP contribution in [0.5, 0.6) is 0 Å². The van der Waals surface area contributed by atoms with Crippen molar-refractivity contribution in [3.05, 3.63) is 24.3 Å². The molecule has 0 fully saturated rings. The number of unbranched alkanes of at least 4 members (excludes halogenated alkanes) is 1. The molecule has 0 saturated heterocycles. The van der Waals surface area contributed by atoms with E-state index in [0.29, 0.717) is 0 Å². The number of nitrogens with zero attached hydrogens (tertiary/aromatic N) is 1. The Labute approximate surface area is 69.5 Å². The minimum Gasteiger partial charge on any atom is -0.293 e. The van der Waals surface area contributed by atoms with Crippen LogP contribution >= 0.6 is 0 Å². The fourth-order valence-corrected chi connectivity index (χ4v) is 0.610. The lowest BCUT2D eigenvalue weighted by Gasteiger charge is -1.85. The molecule has 0 spiro atoms. The third-order valence-corrected chi connectivity index (χ3v) is 1.25. The minimum absolute atomic E-state index is 0.955. The number of hydrogen-bond donors (Lipinski definition) is 0. The summed E-state index contributed by atoms with van der Waals surface area (Å²) >= 11 is 0. The lowest BCUT2D eigenvalue weighted by Crippen LogP contribution is -1.77. The Bertz CT molecular complexity index is 143. The smallest absolute Gasteiger partial charge is 0.0389 e. The highest BCUT2D eigenvalue weighted by Gasteiger charge is 1.74. The molecule has 0 aliphatic carbocycles. The van der Waals surface area contributed by atoms with Crippen LogP contribution in [0.25, 0.3) is 0 Å². The first-order chi connectivity index (χ1) is 5.41. The van der Waals surface area contributed by atoms with Crippen LogP contribution in [0.4, 0.5) is 0 Å². The maximum atomic E-state index is 4.19. The molecule has 0 atom stereocenters. The normalized spacial score (nSPS) is 12.5. The van der Waals surface area contributed by atoms with Gasteiger partial charge in [0.05, 0.1) is 0 Å². The molecule has 0 rings (SSSR count). The summed E-state index contributed by atoms with van der Waals surface area (Å²) in [7, 11) is 0. The second kappa shape index (κ2) is 9.15. The summed E-state index contributed by atoms with van der Waals surface area (Å²) in [4.78, 5) is 4.19. The van der Waals surface area contributed by atoms with Crippen LogP contribution in [-0.4, -0.2) is 12.8 Å². The summed E-state index contributed by atoms with van der Waals surface area (Å²) in [6.45, 7) is 5.13. The second-order valence-corrected chi connectivity index (χ2v) is 2.32. The van der Waals surface area contributed by atoms with Crippen LogP contribution in [0, 0.1) is 0 Å². The Balaban J connectivity index is 3.28. The molecule has 1 heteroatoms.